The molecule has 0 aliphatic carbocycles. The second-order valence-electron chi connectivity index (χ2n) is 7.16. The number of nitrogens with zero attached hydrogens (tertiary/aromatic N) is 4. The zero-order valence-electron chi connectivity index (χ0n) is 15.6. The molecule has 0 atom stereocenters. The summed E-state index contributed by atoms with van der Waals surface area (Å²) in [5.74, 6) is 1.18. The number of fused-ring (bicyclic) bond motifs is 1. The molecular formula is C21H23N5O. The Balaban J connectivity index is 1.43. The van der Waals surface area contributed by atoms with Gasteiger partial charge in [0.15, 0.2) is 0 Å². The normalized spacial score (nSPS) is 14.1. The van der Waals surface area contributed by atoms with E-state index in [0.29, 0.717) is 12.5 Å². The average Bonchev–Trinajstić information content (AvgIpc) is 2.66. The van der Waals surface area contributed by atoms with Gasteiger partial charge in [-0.1, -0.05) is 36.4 Å². The molecule has 1 aliphatic rings. The number of rotatable bonds is 4. The van der Waals surface area contributed by atoms with E-state index in [-0.39, 0.29) is 6.03 Å². The Bertz CT molecular complexity index is 965. The Morgan fingerprint density at radius 2 is 1.93 bits per heavy atom. The minimum absolute atomic E-state index is 0.0528. The number of urea groups is 1. The van der Waals surface area contributed by atoms with Gasteiger partial charge in [0.25, 0.3) is 0 Å². The van der Waals surface area contributed by atoms with Crippen molar-refractivity contribution in [1.29, 1.82) is 0 Å². The van der Waals surface area contributed by atoms with Crippen LogP contribution in [-0.2, 0) is 0 Å². The van der Waals surface area contributed by atoms with E-state index < -0.39 is 0 Å². The molecule has 27 heavy (non-hydrogen) atoms. The minimum Gasteiger partial charge on any atom is -0.340 e. The van der Waals surface area contributed by atoms with Gasteiger partial charge in [0.1, 0.15) is 0 Å². The lowest BCUT2D eigenvalue weighted by Crippen LogP contribution is -2.53. The van der Waals surface area contributed by atoms with Crippen molar-refractivity contribution >= 4 is 22.8 Å². The van der Waals surface area contributed by atoms with Gasteiger partial charge in [-0.25, -0.2) is 14.8 Å². The maximum atomic E-state index is 11.6. The Morgan fingerprint density at radius 1 is 1.15 bits per heavy atom. The average molecular weight is 361 g/mol. The van der Waals surface area contributed by atoms with Crippen molar-refractivity contribution in [1.82, 2.24) is 20.2 Å². The van der Waals surface area contributed by atoms with Crippen LogP contribution in [0.4, 0.5) is 10.7 Å². The quantitative estimate of drug-likeness (QED) is 0.776. The third kappa shape index (κ3) is 3.69. The van der Waals surface area contributed by atoms with E-state index in [0.717, 1.165) is 30.3 Å². The second-order valence-corrected chi connectivity index (χ2v) is 7.16. The highest BCUT2D eigenvalue weighted by molar-refractivity contribution is 5.86. The third-order valence-electron chi connectivity index (χ3n) is 4.88. The minimum atomic E-state index is -0.0528. The summed E-state index contributed by atoms with van der Waals surface area (Å²) in [5, 5.41) is 5.36. The van der Waals surface area contributed by atoms with Crippen LogP contribution < -0.4 is 10.2 Å². The molecule has 0 saturated carbocycles. The van der Waals surface area contributed by atoms with Crippen LogP contribution in [0.5, 0.6) is 0 Å². The van der Waals surface area contributed by atoms with E-state index in [1.54, 1.807) is 19.0 Å². The van der Waals surface area contributed by atoms with Gasteiger partial charge >= 0.3 is 6.03 Å². The van der Waals surface area contributed by atoms with Gasteiger partial charge in [-0.3, -0.25) is 0 Å². The Kier molecular flexibility index (Phi) is 4.62. The standard InChI is InChI=1S/C21H23N5O/c1-25(2)21(27)23-12-15-13-26(14-15)20-22-10-9-19(24-20)18-8-7-16-5-3-4-6-17(16)11-18/h3-11,15H,12-14H2,1-2H3,(H,23,27). The summed E-state index contributed by atoms with van der Waals surface area (Å²) in [6.07, 6.45) is 1.81. The van der Waals surface area contributed by atoms with E-state index >= 15 is 0 Å². The van der Waals surface area contributed by atoms with Crippen LogP contribution >= 0.6 is 0 Å². The van der Waals surface area contributed by atoms with Crippen LogP contribution in [0.1, 0.15) is 0 Å². The molecule has 1 aromatic heterocycles. The van der Waals surface area contributed by atoms with Crippen molar-refractivity contribution in [3.05, 3.63) is 54.7 Å². The van der Waals surface area contributed by atoms with Crippen molar-refractivity contribution in [2.24, 2.45) is 5.92 Å². The molecule has 1 fully saturated rings. The van der Waals surface area contributed by atoms with E-state index in [1.165, 1.54) is 10.8 Å². The molecular weight excluding hydrogens is 338 g/mol. The summed E-state index contributed by atoms with van der Waals surface area (Å²) < 4.78 is 0. The second kappa shape index (κ2) is 7.23. The maximum absolute atomic E-state index is 11.6. The SMILES string of the molecule is CN(C)C(=O)NCC1CN(c2nccc(-c3ccc4ccccc4c3)n2)C1. The monoisotopic (exact) mass is 361 g/mol. The molecule has 6 heteroatoms. The van der Waals surface area contributed by atoms with Crippen molar-refractivity contribution in [2.45, 2.75) is 0 Å². The number of aromatic nitrogens is 2. The van der Waals surface area contributed by atoms with E-state index in [9.17, 15) is 4.79 Å². The number of anilines is 1. The molecule has 3 aromatic rings. The number of hydrogen-bond donors (Lipinski definition) is 1. The van der Waals surface area contributed by atoms with Crippen LogP contribution in [0.3, 0.4) is 0 Å². The Labute approximate surface area is 158 Å². The highest BCUT2D eigenvalue weighted by atomic mass is 16.2. The van der Waals surface area contributed by atoms with Crippen molar-refractivity contribution in [3.8, 4) is 11.3 Å². The van der Waals surface area contributed by atoms with Crippen LogP contribution in [0.25, 0.3) is 22.0 Å². The number of carbonyl (C=O) groups excluding carboxylic acids is 1. The lowest BCUT2D eigenvalue weighted by atomic mass is 10.0. The largest absolute Gasteiger partial charge is 0.340 e. The zero-order valence-corrected chi connectivity index (χ0v) is 15.6. The summed E-state index contributed by atoms with van der Waals surface area (Å²) in [7, 11) is 3.49. The lowest BCUT2D eigenvalue weighted by Gasteiger charge is -2.39. The summed E-state index contributed by atoms with van der Waals surface area (Å²) in [5.41, 5.74) is 2.02. The highest BCUT2D eigenvalue weighted by Crippen LogP contribution is 2.26. The summed E-state index contributed by atoms with van der Waals surface area (Å²) in [6.45, 7) is 2.39. The molecule has 0 bridgehead atoms. The number of carbonyl (C=O) groups is 1. The first-order valence-electron chi connectivity index (χ1n) is 9.12. The van der Waals surface area contributed by atoms with Crippen molar-refractivity contribution < 1.29 is 4.79 Å². The molecule has 6 nitrogen and oxygen atoms in total. The van der Waals surface area contributed by atoms with E-state index in [4.69, 9.17) is 4.98 Å². The van der Waals surface area contributed by atoms with Crippen LogP contribution in [0, 0.1) is 5.92 Å². The van der Waals surface area contributed by atoms with Crippen molar-refractivity contribution in [3.63, 3.8) is 0 Å². The first-order valence-corrected chi connectivity index (χ1v) is 9.12. The van der Waals surface area contributed by atoms with Crippen LogP contribution in [0.2, 0.25) is 0 Å². The topological polar surface area (TPSA) is 61.4 Å². The number of hydrogen-bond acceptors (Lipinski definition) is 4. The predicted octanol–water partition coefficient (Wildman–Crippen LogP) is 3.00. The van der Waals surface area contributed by atoms with E-state index in [1.807, 2.05) is 24.4 Å². The predicted molar refractivity (Wildman–Crippen MR) is 108 cm³/mol. The van der Waals surface area contributed by atoms with Gasteiger partial charge < -0.3 is 15.1 Å². The third-order valence-corrected chi connectivity index (χ3v) is 4.88. The molecule has 2 amide bonds. The maximum Gasteiger partial charge on any atom is 0.316 e. The Morgan fingerprint density at radius 3 is 2.70 bits per heavy atom. The number of nitrogens with one attached hydrogen (secondary N) is 1. The Hall–Kier alpha value is -3.15. The molecule has 4 rings (SSSR count). The van der Waals surface area contributed by atoms with Crippen LogP contribution in [0.15, 0.2) is 54.7 Å². The fourth-order valence-corrected chi connectivity index (χ4v) is 3.26. The molecule has 138 valence electrons. The smallest absolute Gasteiger partial charge is 0.316 e. The fraction of sp³-hybridized carbons (Fsp3) is 0.286. The van der Waals surface area contributed by atoms with Crippen LogP contribution in [-0.4, -0.2) is 54.6 Å². The van der Waals surface area contributed by atoms with Gasteiger partial charge in [-0.2, -0.15) is 0 Å². The molecule has 1 N–H and O–H groups in total. The van der Waals surface area contributed by atoms with Gasteiger partial charge in [-0.05, 0) is 22.9 Å². The molecule has 1 aliphatic heterocycles. The van der Waals surface area contributed by atoms with Gasteiger partial charge in [0.05, 0.1) is 5.69 Å². The molecule has 0 radical (unpaired) electrons. The fourth-order valence-electron chi connectivity index (χ4n) is 3.26. The highest BCUT2D eigenvalue weighted by Gasteiger charge is 2.29. The molecule has 0 spiro atoms. The first kappa shape index (κ1) is 17.3. The summed E-state index contributed by atoms with van der Waals surface area (Å²) >= 11 is 0. The van der Waals surface area contributed by atoms with Gasteiger partial charge in [-0.15, -0.1) is 0 Å². The van der Waals surface area contributed by atoms with Gasteiger partial charge in [0.2, 0.25) is 5.95 Å². The number of amides is 2. The van der Waals surface area contributed by atoms with E-state index in [2.05, 4.69) is 45.5 Å². The summed E-state index contributed by atoms with van der Waals surface area (Å²) in [6, 6.07) is 16.6. The molecule has 2 heterocycles. The lowest BCUT2D eigenvalue weighted by molar-refractivity contribution is 0.214. The molecule has 1 saturated heterocycles. The van der Waals surface area contributed by atoms with Gasteiger partial charge in [0, 0.05) is 51.4 Å². The summed E-state index contributed by atoms with van der Waals surface area (Å²) in [4.78, 5) is 24.5. The number of benzene rings is 2. The van der Waals surface area contributed by atoms with Crippen molar-refractivity contribution in [2.75, 3.05) is 38.6 Å². The zero-order chi connectivity index (χ0) is 18.8. The molecule has 0 unspecified atom stereocenters. The first-order chi connectivity index (χ1) is 13.1. The molecule has 2 aromatic carbocycles.